The van der Waals surface area contributed by atoms with E-state index >= 15 is 0 Å². The van der Waals surface area contributed by atoms with Gasteiger partial charge in [0.05, 0.1) is 6.04 Å². The fourth-order valence-electron chi connectivity index (χ4n) is 2.45. The zero-order valence-electron chi connectivity index (χ0n) is 12.4. The first kappa shape index (κ1) is 14.7. The molecular formula is C17H21FN2. The number of benzene rings is 2. The number of halogens is 1. The van der Waals surface area contributed by atoms with Gasteiger partial charge in [-0.05, 0) is 67.1 Å². The minimum Gasteiger partial charge on any atom is -0.271 e. The molecule has 2 aromatic rings. The van der Waals surface area contributed by atoms with Crippen LogP contribution in [-0.2, 0) is 0 Å². The predicted octanol–water partition coefficient (Wildman–Crippen LogP) is 3.61. The summed E-state index contributed by atoms with van der Waals surface area (Å²) in [6.45, 7) is 7.96. The number of rotatable bonds is 3. The van der Waals surface area contributed by atoms with Crippen LogP contribution >= 0.6 is 0 Å². The van der Waals surface area contributed by atoms with Gasteiger partial charge >= 0.3 is 0 Å². The van der Waals surface area contributed by atoms with Gasteiger partial charge in [-0.1, -0.05) is 24.3 Å². The van der Waals surface area contributed by atoms with Crippen molar-refractivity contribution >= 4 is 0 Å². The average Bonchev–Trinajstić information content (AvgIpc) is 2.40. The first-order valence-electron chi connectivity index (χ1n) is 6.74. The molecule has 0 radical (unpaired) electrons. The number of hydrazine groups is 1. The van der Waals surface area contributed by atoms with Crippen LogP contribution in [0.4, 0.5) is 4.39 Å². The summed E-state index contributed by atoms with van der Waals surface area (Å²) in [6, 6.07) is 9.30. The molecule has 1 unspecified atom stereocenters. The highest BCUT2D eigenvalue weighted by molar-refractivity contribution is 5.42. The van der Waals surface area contributed by atoms with Crippen molar-refractivity contribution in [2.24, 2.45) is 5.84 Å². The third-order valence-electron chi connectivity index (χ3n) is 3.89. The van der Waals surface area contributed by atoms with E-state index in [0.717, 1.165) is 16.7 Å². The van der Waals surface area contributed by atoms with Gasteiger partial charge in [0.25, 0.3) is 0 Å². The Labute approximate surface area is 119 Å². The SMILES string of the molecule is Cc1cc(C)c(C(NN)c2ccc(C)c(F)c2)cc1C. The normalized spacial score (nSPS) is 12.5. The van der Waals surface area contributed by atoms with E-state index in [2.05, 4.69) is 38.3 Å². The molecule has 0 aromatic heterocycles. The maximum atomic E-state index is 13.8. The summed E-state index contributed by atoms with van der Waals surface area (Å²) in [5.74, 6) is 5.51. The lowest BCUT2D eigenvalue weighted by Gasteiger charge is -2.21. The minimum atomic E-state index is -0.204. The zero-order valence-corrected chi connectivity index (χ0v) is 12.4. The molecule has 2 aromatic carbocycles. The first-order chi connectivity index (χ1) is 9.43. The molecule has 0 amide bonds. The molecular weight excluding hydrogens is 251 g/mol. The lowest BCUT2D eigenvalue weighted by atomic mass is 9.91. The molecule has 0 aliphatic heterocycles. The van der Waals surface area contributed by atoms with Crippen molar-refractivity contribution < 1.29 is 4.39 Å². The lowest BCUT2D eigenvalue weighted by molar-refractivity contribution is 0.597. The van der Waals surface area contributed by atoms with E-state index in [1.54, 1.807) is 19.1 Å². The highest BCUT2D eigenvalue weighted by Crippen LogP contribution is 2.27. The Hall–Kier alpha value is -1.71. The molecule has 0 aliphatic carbocycles. The van der Waals surface area contributed by atoms with Crippen LogP contribution in [0, 0.1) is 33.5 Å². The summed E-state index contributed by atoms with van der Waals surface area (Å²) in [5, 5.41) is 0. The molecule has 0 bridgehead atoms. The van der Waals surface area contributed by atoms with Crippen molar-refractivity contribution in [3.8, 4) is 0 Å². The molecule has 3 heteroatoms. The molecule has 106 valence electrons. The van der Waals surface area contributed by atoms with Gasteiger partial charge in [-0.2, -0.15) is 0 Å². The number of nitrogens with one attached hydrogen (secondary N) is 1. The highest BCUT2D eigenvalue weighted by Gasteiger charge is 2.16. The summed E-state index contributed by atoms with van der Waals surface area (Å²) < 4.78 is 13.8. The lowest BCUT2D eigenvalue weighted by Crippen LogP contribution is -2.29. The van der Waals surface area contributed by atoms with Gasteiger partial charge in [-0.15, -0.1) is 0 Å². The van der Waals surface area contributed by atoms with Crippen molar-refractivity contribution in [3.05, 3.63) is 69.5 Å². The van der Waals surface area contributed by atoms with Crippen LogP contribution in [0.5, 0.6) is 0 Å². The van der Waals surface area contributed by atoms with E-state index in [4.69, 9.17) is 5.84 Å². The highest BCUT2D eigenvalue weighted by atomic mass is 19.1. The van der Waals surface area contributed by atoms with Crippen molar-refractivity contribution in [2.75, 3.05) is 0 Å². The summed E-state index contributed by atoms with van der Waals surface area (Å²) in [4.78, 5) is 0. The second kappa shape index (κ2) is 5.73. The summed E-state index contributed by atoms with van der Waals surface area (Å²) in [7, 11) is 0. The van der Waals surface area contributed by atoms with Crippen molar-refractivity contribution in [3.63, 3.8) is 0 Å². The molecule has 0 aliphatic rings. The quantitative estimate of drug-likeness (QED) is 0.661. The Balaban J connectivity index is 2.52. The van der Waals surface area contributed by atoms with Gasteiger partial charge in [0.2, 0.25) is 0 Å². The number of hydrogen-bond donors (Lipinski definition) is 2. The second-order valence-corrected chi connectivity index (χ2v) is 5.40. The van der Waals surface area contributed by atoms with E-state index in [1.807, 2.05) is 6.07 Å². The molecule has 1 atom stereocenters. The topological polar surface area (TPSA) is 38.0 Å². The van der Waals surface area contributed by atoms with E-state index in [-0.39, 0.29) is 11.9 Å². The Morgan fingerprint density at radius 2 is 1.55 bits per heavy atom. The first-order valence-corrected chi connectivity index (χ1v) is 6.74. The van der Waals surface area contributed by atoms with Gasteiger partial charge < -0.3 is 0 Å². The van der Waals surface area contributed by atoms with Crippen LogP contribution in [0.2, 0.25) is 0 Å². The fourth-order valence-corrected chi connectivity index (χ4v) is 2.45. The Bertz CT molecular complexity index is 635. The zero-order chi connectivity index (χ0) is 14.9. The smallest absolute Gasteiger partial charge is 0.126 e. The van der Waals surface area contributed by atoms with Crippen molar-refractivity contribution in [1.29, 1.82) is 0 Å². The summed E-state index contributed by atoms with van der Waals surface area (Å²) in [5.41, 5.74) is 8.96. The van der Waals surface area contributed by atoms with E-state index in [0.29, 0.717) is 5.56 Å². The standard InChI is InChI=1S/C17H21FN2/c1-10-5-6-14(9-16(10)18)17(20-19)15-8-12(3)11(2)7-13(15)4/h5-9,17,20H,19H2,1-4H3. The molecule has 0 saturated heterocycles. The van der Waals surface area contributed by atoms with Crippen LogP contribution < -0.4 is 11.3 Å². The Kier molecular flexibility index (Phi) is 4.21. The third-order valence-corrected chi connectivity index (χ3v) is 3.89. The number of nitrogens with two attached hydrogens (primary N) is 1. The van der Waals surface area contributed by atoms with Crippen LogP contribution in [-0.4, -0.2) is 0 Å². The van der Waals surface area contributed by atoms with Crippen LogP contribution in [0.1, 0.15) is 39.4 Å². The Morgan fingerprint density at radius 3 is 2.15 bits per heavy atom. The maximum Gasteiger partial charge on any atom is 0.126 e. The number of aryl methyl sites for hydroxylation is 4. The van der Waals surface area contributed by atoms with Crippen molar-refractivity contribution in [2.45, 2.75) is 33.7 Å². The third kappa shape index (κ3) is 2.74. The molecule has 3 N–H and O–H groups in total. The molecule has 2 rings (SSSR count). The van der Waals surface area contributed by atoms with Gasteiger partial charge in [0, 0.05) is 0 Å². The molecule has 0 spiro atoms. The van der Waals surface area contributed by atoms with Gasteiger partial charge in [0.1, 0.15) is 5.82 Å². The molecule has 0 fully saturated rings. The van der Waals surface area contributed by atoms with Gasteiger partial charge in [-0.3, -0.25) is 5.84 Å². The van der Waals surface area contributed by atoms with Crippen LogP contribution in [0.15, 0.2) is 30.3 Å². The maximum absolute atomic E-state index is 13.8. The van der Waals surface area contributed by atoms with E-state index in [9.17, 15) is 4.39 Å². The van der Waals surface area contributed by atoms with E-state index < -0.39 is 0 Å². The number of hydrogen-bond acceptors (Lipinski definition) is 2. The molecule has 2 nitrogen and oxygen atoms in total. The monoisotopic (exact) mass is 272 g/mol. The van der Waals surface area contributed by atoms with E-state index in [1.165, 1.54) is 11.1 Å². The molecule has 0 saturated carbocycles. The predicted molar refractivity (Wildman–Crippen MR) is 81.0 cm³/mol. The largest absolute Gasteiger partial charge is 0.271 e. The molecule has 0 heterocycles. The summed E-state index contributed by atoms with van der Waals surface area (Å²) >= 11 is 0. The van der Waals surface area contributed by atoms with Crippen LogP contribution in [0.3, 0.4) is 0 Å². The van der Waals surface area contributed by atoms with Gasteiger partial charge in [0.15, 0.2) is 0 Å². The Morgan fingerprint density at radius 1 is 0.900 bits per heavy atom. The minimum absolute atomic E-state index is 0.204. The second-order valence-electron chi connectivity index (χ2n) is 5.40. The molecule has 20 heavy (non-hydrogen) atoms. The average molecular weight is 272 g/mol. The van der Waals surface area contributed by atoms with Gasteiger partial charge in [-0.25, -0.2) is 9.82 Å². The summed E-state index contributed by atoms with van der Waals surface area (Å²) in [6.07, 6.45) is 0. The van der Waals surface area contributed by atoms with Crippen LogP contribution in [0.25, 0.3) is 0 Å². The fraction of sp³-hybridized carbons (Fsp3) is 0.294. The van der Waals surface area contributed by atoms with Crippen molar-refractivity contribution in [1.82, 2.24) is 5.43 Å².